The van der Waals surface area contributed by atoms with Crippen LogP contribution in [-0.4, -0.2) is 5.78 Å². The van der Waals surface area contributed by atoms with Gasteiger partial charge < -0.3 is 0 Å². The van der Waals surface area contributed by atoms with E-state index in [9.17, 15) is 4.79 Å². The number of ketones is 1. The van der Waals surface area contributed by atoms with Gasteiger partial charge in [-0.05, 0) is 35.5 Å². The third-order valence-electron chi connectivity index (χ3n) is 5.15. The Balaban J connectivity index is 2.00. The van der Waals surface area contributed by atoms with E-state index < -0.39 is 0 Å². The van der Waals surface area contributed by atoms with Gasteiger partial charge in [0, 0.05) is 11.8 Å². The molecule has 6 saturated carbocycles. The molecule has 1 heteroatoms. The van der Waals surface area contributed by atoms with Crippen LogP contribution in [0.15, 0.2) is 0 Å². The van der Waals surface area contributed by atoms with Crippen LogP contribution in [0.5, 0.6) is 0 Å². The van der Waals surface area contributed by atoms with Crippen molar-refractivity contribution < 1.29 is 4.79 Å². The first-order valence-corrected chi connectivity index (χ1v) is 4.45. The minimum Gasteiger partial charge on any atom is -0.299 e. The van der Waals surface area contributed by atoms with E-state index in [0.717, 1.165) is 35.5 Å². The number of carbonyl (C=O) groups is 1. The lowest BCUT2D eigenvalue weighted by Crippen LogP contribution is -2.10. The zero-order valence-corrected chi connectivity index (χ0v) is 5.53. The molecule has 6 aliphatic carbocycles. The Morgan fingerprint density at radius 2 is 1.10 bits per heavy atom. The fraction of sp³-hybridized carbons (Fsp3) is 0.889. The number of hydrogen-bond donors (Lipinski definition) is 0. The molecule has 50 valence electrons. The maximum absolute atomic E-state index is 11.5. The first-order chi connectivity index (χ1) is 4.91. The Bertz CT molecular complexity index is 247. The van der Waals surface area contributed by atoms with Crippen LogP contribution in [-0.2, 0) is 4.79 Å². The molecule has 8 atom stereocenters. The standard InChI is InChI=1S/C9H8O/c10-9-7-3-1-2-5(7)6(2)8(9)4(1)3/h1-8H/t1?,2?,3-,4-,5-,6+,7?,8?/m1/s1. The van der Waals surface area contributed by atoms with Crippen LogP contribution in [0.2, 0.25) is 0 Å². The summed E-state index contributed by atoms with van der Waals surface area (Å²) in [5.41, 5.74) is 0. The van der Waals surface area contributed by atoms with Gasteiger partial charge in [0.1, 0.15) is 5.78 Å². The van der Waals surface area contributed by atoms with Crippen LogP contribution in [0.4, 0.5) is 0 Å². The van der Waals surface area contributed by atoms with E-state index in [1.54, 1.807) is 0 Å². The van der Waals surface area contributed by atoms with Gasteiger partial charge in [-0.15, -0.1) is 0 Å². The maximum atomic E-state index is 11.5. The molecule has 0 saturated heterocycles. The second kappa shape index (κ2) is 0.717. The van der Waals surface area contributed by atoms with E-state index >= 15 is 0 Å². The van der Waals surface area contributed by atoms with Crippen LogP contribution in [0.1, 0.15) is 0 Å². The molecule has 0 aliphatic heterocycles. The molecule has 6 fully saturated rings. The van der Waals surface area contributed by atoms with Crippen molar-refractivity contribution in [3.8, 4) is 0 Å². The Labute approximate surface area is 58.8 Å². The molecule has 0 aromatic heterocycles. The summed E-state index contributed by atoms with van der Waals surface area (Å²) in [5.74, 6) is 7.87. The lowest BCUT2D eigenvalue weighted by atomic mass is 10.0. The molecule has 0 radical (unpaired) electrons. The molecule has 6 aliphatic rings. The zero-order valence-electron chi connectivity index (χ0n) is 5.53. The number of carbonyl (C=O) groups excluding carboxylic acids is 1. The van der Waals surface area contributed by atoms with E-state index in [0.29, 0.717) is 17.6 Å². The average molecular weight is 132 g/mol. The van der Waals surface area contributed by atoms with Gasteiger partial charge in [0.05, 0.1) is 0 Å². The SMILES string of the molecule is O=C1C2[C@@H]3C4C5[C@@H]2[C@H]5C1[C@H]43. The van der Waals surface area contributed by atoms with Crippen molar-refractivity contribution in [1.29, 1.82) is 0 Å². The molecular formula is C9H8O. The molecule has 0 aromatic rings. The summed E-state index contributed by atoms with van der Waals surface area (Å²) >= 11 is 0. The van der Waals surface area contributed by atoms with Gasteiger partial charge in [0.15, 0.2) is 0 Å². The third kappa shape index (κ3) is 0.150. The molecule has 0 N–H and O–H groups in total. The Morgan fingerprint density at radius 3 is 1.40 bits per heavy atom. The van der Waals surface area contributed by atoms with Crippen molar-refractivity contribution >= 4 is 5.78 Å². The van der Waals surface area contributed by atoms with Gasteiger partial charge in [0.25, 0.3) is 0 Å². The van der Waals surface area contributed by atoms with Gasteiger partial charge in [-0.25, -0.2) is 0 Å². The smallest absolute Gasteiger partial charge is 0.140 e. The predicted molar refractivity (Wildman–Crippen MR) is 32.9 cm³/mol. The molecular weight excluding hydrogens is 124 g/mol. The molecule has 0 heterocycles. The predicted octanol–water partition coefficient (Wildman–Crippen LogP) is 0.553. The van der Waals surface area contributed by atoms with Crippen LogP contribution in [0, 0.1) is 47.3 Å². The van der Waals surface area contributed by atoms with E-state index in [-0.39, 0.29) is 0 Å². The van der Waals surface area contributed by atoms with Crippen molar-refractivity contribution in [2.45, 2.75) is 0 Å². The topological polar surface area (TPSA) is 17.1 Å². The molecule has 4 unspecified atom stereocenters. The highest BCUT2D eigenvalue weighted by molar-refractivity contribution is 5.95. The highest BCUT2D eigenvalue weighted by Gasteiger charge is 2.93. The summed E-state index contributed by atoms with van der Waals surface area (Å²) in [4.78, 5) is 11.5. The van der Waals surface area contributed by atoms with Crippen molar-refractivity contribution in [2.75, 3.05) is 0 Å². The third-order valence-corrected chi connectivity index (χ3v) is 5.15. The fourth-order valence-corrected chi connectivity index (χ4v) is 5.21. The lowest BCUT2D eigenvalue weighted by Gasteiger charge is -2.01. The highest BCUT2D eigenvalue weighted by Crippen LogP contribution is 2.93. The molecule has 6 rings (SSSR count). The van der Waals surface area contributed by atoms with E-state index in [1.165, 1.54) is 0 Å². The number of Topliss-reactive ketones (excluding diaryl/α,β-unsaturated/α-hetero) is 1. The molecule has 2 bridgehead atoms. The van der Waals surface area contributed by atoms with E-state index in [1.807, 2.05) is 0 Å². The second-order valence-electron chi connectivity index (χ2n) is 4.92. The maximum Gasteiger partial charge on any atom is 0.140 e. The van der Waals surface area contributed by atoms with Gasteiger partial charge in [-0.3, -0.25) is 4.79 Å². The molecule has 0 amide bonds. The minimum absolute atomic E-state index is 0.620. The average Bonchev–Trinajstić information content (AvgIpc) is 2.70. The zero-order chi connectivity index (χ0) is 6.20. The molecule has 1 nitrogen and oxygen atoms in total. The fourth-order valence-electron chi connectivity index (χ4n) is 5.21. The van der Waals surface area contributed by atoms with Crippen molar-refractivity contribution in [3.63, 3.8) is 0 Å². The Hall–Kier alpha value is -0.330. The summed E-state index contributed by atoms with van der Waals surface area (Å²) in [5, 5.41) is 0. The number of hydrogen-bond acceptors (Lipinski definition) is 1. The summed E-state index contributed by atoms with van der Waals surface area (Å²) < 4.78 is 0. The van der Waals surface area contributed by atoms with Crippen LogP contribution < -0.4 is 0 Å². The molecule has 0 spiro atoms. The second-order valence-corrected chi connectivity index (χ2v) is 4.92. The summed E-state index contributed by atoms with van der Waals surface area (Å²) in [6.45, 7) is 0. The summed E-state index contributed by atoms with van der Waals surface area (Å²) in [6.07, 6.45) is 0. The van der Waals surface area contributed by atoms with Crippen LogP contribution in [0.25, 0.3) is 0 Å². The first-order valence-electron chi connectivity index (χ1n) is 4.45. The monoisotopic (exact) mass is 132 g/mol. The van der Waals surface area contributed by atoms with E-state index in [2.05, 4.69) is 0 Å². The normalized spacial score (nSPS) is 90.2. The lowest BCUT2D eigenvalue weighted by molar-refractivity contribution is -0.123. The summed E-state index contributed by atoms with van der Waals surface area (Å²) in [7, 11) is 0. The summed E-state index contributed by atoms with van der Waals surface area (Å²) in [6, 6.07) is 0. The molecule has 10 heavy (non-hydrogen) atoms. The van der Waals surface area contributed by atoms with Crippen molar-refractivity contribution in [2.24, 2.45) is 47.3 Å². The van der Waals surface area contributed by atoms with Crippen molar-refractivity contribution in [3.05, 3.63) is 0 Å². The molecule has 0 aromatic carbocycles. The largest absolute Gasteiger partial charge is 0.299 e. The van der Waals surface area contributed by atoms with Gasteiger partial charge >= 0.3 is 0 Å². The van der Waals surface area contributed by atoms with Crippen molar-refractivity contribution in [1.82, 2.24) is 0 Å². The highest BCUT2D eigenvalue weighted by atomic mass is 16.1. The minimum atomic E-state index is 0.620. The van der Waals surface area contributed by atoms with Gasteiger partial charge in [-0.2, -0.15) is 0 Å². The van der Waals surface area contributed by atoms with E-state index in [4.69, 9.17) is 0 Å². The van der Waals surface area contributed by atoms with Crippen LogP contribution >= 0.6 is 0 Å². The number of rotatable bonds is 0. The van der Waals surface area contributed by atoms with Gasteiger partial charge in [0.2, 0.25) is 0 Å². The Morgan fingerprint density at radius 1 is 0.700 bits per heavy atom. The van der Waals surface area contributed by atoms with Gasteiger partial charge in [-0.1, -0.05) is 0 Å². The Kier molecular flexibility index (Phi) is 0.279. The quantitative estimate of drug-likeness (QED) is 0.470. The first kappa shape index (κ1) is 3.89. The van der Waals surface area contributed by atoms with Crippen LogP contribution in [0.3, 0.4) is 0 Å².